The smallest absolute Gasteiger partial charge is 0.326 e. The summed E-state index contributed by atoms with van der Waals surface area (Å²) in [5.74, 6) is -2.39. The van der Waals surface area contributed by atoms with Gasteiger partial charge in [-0.1, -0.05) is 0 Å². The zero-order chi connectivity index (χ0) is 15.1. The molecule has 0 saturated heterocycles. The fourth-order valence-corrected chi connectivity index (χ4v) is 1.51. The van der Waals surface area contributed by atoms with Crippen LogP contribution in [-0.2, 0) is 9.59 Å². The van der Waals surface area contributed by atoms with E-state index in [9.17, 15) is 14.4 Å². The Hall–Kier alpha value is -2.57. The predicted octanol–water partition coefficient (Wildman–Crippen LogP) is 0.743. The molecule has 108 valence electrons. The lowest BCUT2D eigenvalue weighted by Crippen LogP contribution is -2.41. The molecule has 1 atom stereocenters. The molecule has 0 radical (unpaired) electrons. The number of benzene rings is 1. The Morgan fingerprint density at radius 1 is 1.20 bits per heavy atom. The SMILES string of the molecule is COc1ccc(C(=O)NC(CCC(=O)O)C(=O)O)cc1. The molecule has 1 aromatic rings. The lowest BCUT2D eigenvalue weighted by atomic mass is 10.1. The number of carbonyl (C=O) groups is 3. The van der Waals surface area contributed by atoms with Gasteiger partial charge in [0.1, 0.15) is 11.8 Å². The van der Waals surface area contributed by atoms with Crippen molar-refractivity contribution < 1.29 is 29.3 Å². The van der Waals surface area contributed by atoms with Crippen LogP contribution in [-0.4, -0.2) is 41.2 Å². The molecule has 7 nitrogen and oxygen atoms in total. The van der Waals surface area contributed by atoms with Gasteiger partial charge in [-0.25, -0.2) is 4.79 Å². The van der Waals surface area contributed by atoms with Crippen LogP contribution < -0.4 is 10.1 Å². The van der Waals surface area contributed by atoms with Gasteiger partial charge >= 0.3 is 11.9 Å². The molecule has 7 heteroatoms. The van der Waals surface area contributed by atoms with Crippen LogP contribution in [0.5, 0.6) is 5.75 Å². The van der Waals surface area contributed by atoms with Gasteiger partial charge in [-0.3, -0.25) is 9.59 Å². The number of methoxy groups -OCH3 is 1. The van der Waals surface area contributed by atoms with E-state index in [2.05, 4.69) is 5.32 Å². The minimum absolute atomic E-state index is 0.174. The Labute approximate surface area is 115 Å². The summed E-state index contributed by atoms with van der Waals surface area (Å²) in [7, 11) is 1.49. The van der Waals surface area contributed by atoms with Crippen LogP contribution in [0.4, 0.5) is 0 Å². The van der Waals surface area contributed by atoms with Gasteiger partial charge in [0, 0.05) is 12.0 Å². The highest BCUT2D eigenvalue weighted by molar-refractivity contribution is 5.96. The molecule has 0 fully saturated rings. The third-order valence-corrected chi connectivity index (χ3v) is 2.60. The van der Waals surface area contributed by atoms with Crippen molar-refractivity contribution >= 4 is 17.8 Å². The number of hydrogen-bond acceptors (Lipinski definition) is 4. The van der Waals surface area contributed by atoms with E-state index in [0.717, 1.165) is 0 Å². The van der Waals surface area contributed by atoms with Gasteiger partial charge in [0.2, 0.25) is 0 Å². The highest BCUT2D eigenvalue weighted by Gasteiger charge is 2.21. The molecule has 0 aliphatic carbocycles. The Bertz CT molecular complexity index is 496. The van der Waals surface area contributed by atoms with Crippen molar-refractivity contribution in [2.45, 2.75) is 18.9 Å². The normalized spacial score (nSPS) is 11.4. The average Bonchev–Trinajstić information content (AvgIpc) is 2.42. The Morgan fingerprint density at radius 3 is 2.25 bits per heavy atom. The van der Waals surface area contributed by atoms with E-state index in [0.29, 0.717) is 5.75 Å². The van der Waals surface area contributed by atoms with Gasteiger partial charge in [0.25, 0.3) is 5.91 Å². The fraction of sp³-hybridized carbons (Fsp3) is 0.308. The van der Waals surface area contributed by atoms with Gasteiger partial charge in [-0.05, 0) is 30.7 Å². The van der Waals surface area contributed by atoms with Crippen LogP contribution >= 0.6 is 0 Å². The molecule has 0 spiro atoms. The summed E-state index contributed by atoms with van der Waals surface area (Å²) < 4.78 is 4.94. The molecule has 0 bridgehead atoms. The zero-order valence-electron chi connectivity index (χ0n) is 10.8. The van der Waals surface area contributed by atoms with E-state index in [1.165, 1.54) is 19.2 Å². The summed E-state index contributed by atoms with van der Waals surface area (Å²) in [6.07, 6.45) is -0.508. The third-order valence-electron chi connectivity index (χ3n) is 2.60. The van der Waals surface area contributed by atoms with Crippen molar-refractivity contribution in [3.8, 4) is 5.75 Å². The van der Waals surface area contributed by atoms with Crippen LogP contribution in [0.3, 0.4) is 0 Å². The number of ether oxygens (including phenoxy) is 1. The second-order valence-electron chi connectivity index (χ2n) is 4.03. The van der Waals surface area contributed by atoms with E-state index < -0.39 is 23.9 Å². The number of amides is 1. The molecule has 0 aliphatic rings. The lowest BCUT2D eigenvalue weighted by Gasteiger charge is -2.13. The largest absolute Gasteiger partial charge is 0.497 e. The zero-order valence-corrected chi connectivity index (χ0v) is 10.8. The topological polar surface area (TPSA) is 113 Å². The molecular formula is C13H15NO6. The van der Waals surface area contributed by atoms with Crippen LogP contribution in [0.1, 0.15) is 23.2 Å². The van der Waals surface area contributed by atoms with E-state index in [-0.39, 0.29) is 18.4 Å². The van der Waals surface area contributed by atoms with Crippen LogP contribution in [0.2, 0.25) is 0 Å². The second-order valence-corrected chi connectivity index (χ2v) is 4.03. The van der Waals surface area contributed by atoms with E-state index >= 15 is 0 Å². The Morgan fingerprint density at radius 2 is 1.80 bits per heavy atom. The van der Waals surface area contributed by atoms with Gasteiger partial charge in [-0.2, -0.15) is 0 Å². The van der Waals surface area contributed by atoms with Crippen molar-refractivity contribution in [1.29, 1.82) is 0 Å². The lowest BCUT2D eigenvalue weighted by molar-refractivity contribution is -0.140. The summed E-state index contributed by atoms with van der Waals surface area (Å²) in [4.78, 5) is 33.2. The number of aliphatic carboxylic acids is 2. The number of nitrogens with one attached hydrogen (secondary N) is 1. The quantitative estimate of drug-likeness (QED) is 0.679. The van der Waals surface area contributed by atoms with Crippen molar-refractivity contribution in [3.05, 3.63) is 29.8 Å². The summed E-state index contributed by atoms with van der Waals surface area (Å²) in [5.41, 5.74) is 0.271. The van der Waals surface area contributed by atoms with Gasteiger partial charge < -0.3 is 20.3 Å². The number of carboxylic acids is 2. The molecule has 1 unspecified atom stereocenters. The average molecular weight is 281 g/mol. The molecule has 0 aliphatic heterocycles. The van der Waals surface area contributed by atoms with Crippen LogP contribution in [0.15, 0.2) is 24.3 Å². The third kappa shape index (κ3) is 4.60. The van der Waals surface area contributed by atoms with Crippen molar-refractivity contribution in [2.75, 3.05) is 7.11 Å². The number of carbonyl (C=O) groups excluding carboxylic acids is 1. The monoisotopic (exact) mass is 281 g/mol. The number of hydrogen-bond donors (Lipinski definition) is 3. The van der Waals surface area contributed by atoms with Crippen molar-refractivity contribution in [1.82, 2.24) is 5.32 Å². The standard InChI is InChI=1S/C13H15NO6/c1-20-9-4-2-8(3-5-9)12(17)14-10(13(18)19)6-7-11(15)16/h2-5,10H,6-7H2,1H3,(H,14,17)(H,15,16)(H,18,19). The molecule has 1 aromatic carbocycles. The maximum atomic E-state index is 11.8. The summed E-state index contributed by atoms with van der Waals surface area (Å²) in [6.45, 7) is 0. The highest BCUT2D eigenvalue weighted by Crippen LogP contribution is 2.11. The van der Waals surface area contributed by atoms with Gasteiger partial charge in [-0.15, -0.1) is 0 Å². The van der Waals surface area contributed by atoms with Crippen LogP contribution in [0.25, 0.3) is 0 Å². The van der Waals surface area contributed by atoms with Crippen molar-refractivity contribution in [3.63, 3.8) is 0 Å². The first-order chi connectivity index (χ1) is 9.43. The van der Waals surface area contributed by atoms with E-state index in [1.807, 2.05) is 0 Å². The summed E-state index contributed by atoms with van der Waals surface area (Å²) in [6, 6.07) is 4.89. The Kier molecular flexibility index (Phi) is 5.52. The molecule has 3 N–H and O–H groups in total. The second kappa shape index (κ2) is 7.13. The molecule has 20 heavy (non-hydrogen) atoms. The molecule has 0 heterocycles. The molecule has 1 rings (SSSR count). The summed E-state index contributed by atoms with van der Waals surface area (Å²) in [5, 5.41) is 19.8. The Balaban J connectivity index is 2.69. The minimum Gasteiger partial charge on any atom is -0.497 e. The predicted molar refractivity (Wildman–Crippen MR) is 68.8 cm³/mol. The first kappa shape index (κ1) is 15.5. The maximum Gasteiger partial charge on any atom is 0.326 e. The maximum absolute atomic E-state index is 11.8. The van der Waals surface area contributed by atoms with Gasteiger partial charge in [0.15, 0.2) is 0 Å². The van der Waals surface area contributed by atoms with Crippen LogP contribution in [0, 0.1) is 0 Å². The molecular weight excluding hydrogens is 266 g/mol. The van der Waals surface area contributed by atoms with E-state index in [1.54, 1.807) is 12.1 Å². The molecule has 0 aromatic heterocycles. The van der Waals surface area contributed by atoms with E-state index in [4.69, 9.17) is 14.9 Å². The first-order valence-corrected chi connectivity index (χ1v) is 5.83. The van der Waals surface area contributed by atoms with Crippen molar-refractivity contribution in [2.24, 2.45) is 0 Å². The highest BCUT2D eigenvalue weighted by atomic mass is 16.5. The fourth-order valence-electron chi connectivity index (χ4n) is 1.51. The number of rotatable bonds is 7. The number of carboxylic acid groups (broad SMARTS) is 2. The molecule has 0 saturated carbocycles. The molecule has 1 amide bonds. The van der Waals surface area contributed by atoms with Gasteiger partial charge in [0.05, 0.1) is 7.11 Å². The summed E-state index contributed by atoms with van der Waals surface area (Å²) >= 11 is 0. The first-order valence-electron chi connectivity index (χ1n) is 5.83. The minimum atomic E-state index is -1.27.